The Kier molecular flexibility index (Phi) is 17.2. The van der Waals surface area contributed by atoms with Crippen LogP contribution in [0.5, 0.6) is 0 Å². The zero-order chi connectivity index (χ0) is 27.6. The predicted octanol–water partition coefficient (Wildman–Crippen LogP) is 12.0. The van der Waals surface area contributed by atoms with Crippen molar-refractivity contribution in [1.29, 1.82) is 0 Å². The zero-order valence-corrected chi connectivity index (χ0v) is 27.9. The Morgan fingerprint density at radius 1 is 0.526 bits per heavy atom. The van der Waals surface area contributed by atoms with E-state index >= 15 is 4.57 Å². The molecule has 0 aromatic rings. The first-order valence-corrected chi connectivity index (χ1v) is 21.5. The van der Waals surface area contributed by atoms with E-state index in [0.29, 0.717) is 0 Å². The van der Waals surface area contributed by atoms with E-state index in [0.717, 1.165) is 76.0 Å². The molecular weight excluding hydrogens is 510 g/mol. The van der Waals surface area contributed by atoms with Crippen LogP contribution in [-0.4, -0.2) is 36.9 Å². The summed E-state index contributed by atoms with van der Waals surface area (Å²) in [4.78, 5) is 0. The normalized spacial score (nSPS) is 19.4. The van der Waals surface area contributed by atoms with Gasteiger partial charge < -0.3 is 0 Å². The number of phosphoric acid groups is 1. The molecule has 2 rings (SSSR count). The van der Waals surface area contributed by atoms with Crippen LogP contribution in [0.25, 0.3) is 0 Å². The third kappa shape index (κ3) is 12.2. The summed E-state index contributed by atoms with van der Waals surface area (Å²) in [7, 11) is -3.68. The molecule has 0 atom stereocenters. The van der Waals surface area contributed by atoms with Gasteiger partial charge in [0.1, 0.15) is 0 Å². The Bertz CT molecular complexity index is 568. The summed E-state index contributed by atoms with van der Waals surface area (Å²) >= 11 is 0. The van der Waals surface area contributed by atoms with E-state index in [1.807, 2.05) is 0 Å². The molecule has 0 N–H and O–H groups in total. The molecule has 38 heavy (non-hydrogen) atoms. The van der Waals surface area contributed by atoms with Gasteiger partial charge in [-0.15, -0.1) is 0 Å². The van der Waals surface area contributed by atoms with Gasteiger partial charge in [-0.05, 0) is 0 Å². The van der Waals surface area contributed by atoms with Gasteiger partial charge in [-0.1, -0.05) is 0 Å². The van der Waals surface area contributed by atoms with Crippen LogP contribution in [0.3, 0.4) is 0 Å². The van der Waals surface area contributed by atoms with Crippen molar-refractivity contribution in [3.8, 4) is 0 Å². The molecule has 0 bridgehead atoms. The van der Waals surface area contributed by atoms with Crippen molar-refractivity contribution in [2.75, 3.05) is 24.6 Å². The van der Waals surface area contributed by atoms with E-state index in [1.165, 1.54) is 89.9 Å². The van der Waals surface area contributed by atoms with Crippen LogP contribution in [0.4, 0.5) is 0 Å². The Hall–Kier alpha value is 0.540. The van der Waals surface area contributed by atoms with E-state index < -0.39 is 14.7 Å². The fourth-order valence-electron chi connectivity index (χ4n) is 6.93. The van der Waals surface area contributed by atoms with Gasteiger partial charge in [0, 0.05) is 0 Å². The van der Waals surface area contributed by atoms with Crippen molar-refractivity contribution < 1.29 is 17.9 Å². The second kappa shape index (κ2) is 18.9. The van der Waals surface area contributed by atoms with Crippen molar-refractivity contribution in [2.45, 2.75) is 181 Å². The molecule has 2 fully saturated rings. The summed E-state index contributed by atoms with van der Waals surface area (Å²) in [6, 6.07) is 0. The van der Waals surface area contributed by atoms with Gasteiger partial charge in [0.15, 0.2) is 0 Å². The van der Waals surface area contributed by atoms with Crippen LogP contribution in [-0.2, 0) is 17.9 Å². The quantitative estimate of drug-likeness (QED) is 0.0950. The molecule has 0 saturated heterocycles. The fourth-order valence-corrected chi connectivity index (χ4v) is 17.4. The Morgan fingerprint density at radius 3 is 1.13 bits per heavy atom. The standard InChI is InChI=1S/C32H66O4P2/c1-5-9-19-27-38(28-20-10-6-2,29-21-11-7-3,30-22-12-8-4)36-37(33,34-31-23-15-13-16-24-31)35-32-25-17-14-18-26-32/h31-32H,5-30H2,1-4H3. The van der Waals surface area contributed by atoms with Crippen LogP contribution in [0.1, 0.15) is 169 Å². The molecule has 0 amide bonds. The van der Waals surface area contributed by atoms with E-state index in [-0.39, 0.29) is 12.2 Å². The molecule has 0 aromatic carbocycles. The molecule has 0 aromatic heterocycles. The molecule has 0 heterocycles. The molecule has 2 saturated carbocycles. The van der Waals surface area contributed by atoms with Gasteiger partial charge in [0.05, 0.1) is 0 Å². The van der Waals surface area contributed by atoms with Crippen LogP contribution >= 0.6 is 14.7 Å². The van der Waals surface area contributed by atoms with Gasteiger partial charge in [0.25, 0.3) is 0 Å². The van der Waals surface area contributed by atoms with Crippen molar-refractivity contribution >= 4 is 14.7 Å². The minimum absolute atomic E-state index is 0.0260. The number of hydrogen-bond acceptors (Lipinski definition) is 4. The number of rotatable bonds is 22. The van der Waals surface area contributed by atoms with Crippen LogP contribution < -0.4 is 0 Å². The summed E-state index contributed by atoms with van der Waals surface area (Å²) in [6.45, 7) is 6.36. The minimum atomic E-state index is -3.68. The predicted molar refractivity (Wildman–Crippen MR) is 169 cm³/mol. The number of unbranched alkanes of at least 4 members (excludes halogenated alkanes) is 8. The average Bonchev–Trinajstić information content (AvgIpc) is 2.90. The van der Waals surface area contributed by atoms with E-state index in [9.17, 15) is 0 Å². The fraction of sp³-hybridized carbons (Fsp3) is 1.00. The van der Waals surface area contributed by atoms with Gasteiger partial charge in [0.2, 0.25) is 0 Å². The van der Waals surface area contributed by atoms with E-state index in [1.54, 1.807) is 0 Å². The topological polar surface area (TPSA) is 44.8 Å². The van der Waals surface area contributed by atoms with Crippen molar-refractivity contribution in [1.82, 2.24) is 0 Å². The zero-order valence-electron chi connectivity index (χ0n) is 26.1. The van der Waals surface area contributed by atoms with E-state index in [4.69, 9.17) is 13.4 Å². The monoisotopic (exact) mass is 576 g/mol. The van der Waals surface area contributed by atoms with E-state index in [2.05, 4.69) is 27.7 Å². The Balaban J connectivity index is 2.50. The number of phosphoric ester groups is 1. The van der Waals surface area contributed by atoms with Crippen LogP contribution in [0, 0.1) is 0 Å². The first-order chi connectivity index (χ1) is 18.4. The number of hydrogen-bond donors (Lipinski definition) is 0. The molecule has 0 aliphatic heterocycles. The molecule has 6 heteroatoms. The summed E-state index contributed by atoms with van der Waals surface area (Å²) in [6.07, 6.45) is 30.2. The van der Waals surface area contributed by atoms with Crippen molar-refractivity contribution in [3.05, 3.63) is 0 Å². The average molecular weight is 577 g/mol. The van der Waals surface area contributed by atoms with Gasteiger partial charge >= 0.3 is 238 Å². The van der Waals surface area contributed by atoms with Crippen molar-refractivity contribution in [2.24, 2.45) is 0 Å². The van der Waals surface area contributed by atoms with Crippen LogP contribution in [0.2, 0.25) is 0 Å². The first kappa shape index (κ1) is 34.7. The second-order valence-electron chi connectivity index (χ2n) is 12.8. The first-order valence-electron chi connectivity index (χ1n) is 17.1. The van der Waals surface area contributed by atoms with Crippen molar-refractivity contribution in [3.63, 3.8) is 0 Å². The molecule has 228 valence electrons. The summed E-state index contributed by atoms with van der Waals surface area (Å²) in [5.74, 6) is 0. The maximum atomic E-state index is 15.1. The van der Waals surface area contributed by atoms with Gasteiger partial charge in [-0.3, -0.25) is 0 Å². The summed E-state index contributed by atoms with van der Waals surface area (Å²) in [5.41, 5.74) is 0. The molecule has 2 aliphatic carbocycles. The summed E-state index contributed by atoms with van der Waals surface area (Å²) < 4.78 is 35.8. The van der Waals surface area contributed by atoms with Crippen LogP contribution in [0.15, 0.2) is 0 Å². The molecular formula is C32H66O4P2. The second-order valence-corrected chi connectivity index (χ2v) is 20.3. The SMILES string of the molecule is CCCCCP(CCCCC)(CCCCC)(CCCCC)OP(=O)(OC1CCCCC1)OC1CCCCC1. The molecule has 4 nitrogen and oxygen atoms in total. The maximum absolute atomic E-state index is 15.1. The molecule has 2 aliphatic rings. The Morgan fingerprint density at radius 2 is 0.842 bits per heavy atom. The Labute approximate surface area is 238 Å². The van der Waals surface area contributed by atoms with Gasteiger partial charge in [-0.25, -0.2) is 0 Å². The third-order valence-electron chi connectivity index (χ3n) is 9.30. The molecule has 0 unspecified atom stereocenters. The molecule has 0 radical (unpaired) electrons. The third-order valence-corrected chi connectivity index (χ3v) is 18.9. The van der Waals surface area contributed by atoms with Gasteiger partial charge in [-0.2, -0.15) is 0 Å². The molecule has 0 spiro atoms. The summed E-state index contributed by atoms with van der Waals surface area (Å²) in [5, 5.41) is 0.